The maximum Gasteiger partial charge on any atom is 0.163 e. The Morgan fingerprint density at radius 2 is 1.95 bits per heavy atom. The molecule has 0 saturated carbocycles. The lowest BCUT2D eigenvalue weighted by Crippen LogP contribution is -2.46. The number of carbonyl (C=O) groups excluding carboxylic acids is 1. The maximum atomic E-state index is 10.6. The summed E-state index contributed by atoms with van der Waals surface area (Å²) in [6.45, 7) is 4.82. The summed E-state index contributed by atoms with van der Waals surface area (Å²) in [5.74, 6) is -0.660. The molecule has 2 atom stereocenters. The van der Waals surface area contributed by atoms with Gasteiger partial charge >= 0.3 is 0 Å². The monoisotopic (exact) mass is 278 g/mol. The smallest absolute Gasteiger partial charge is 0.163 e. The summed E-state index contributed by atoms with van der Waals surface area (Å²) >= 11 is 0. The van der Waals surface area contributed by atoms with Crippen LogP contribution in [0.2, 0.25) is 0 Å². The Bertz CT molecular complexity index is 416. The fraction of sp³-hybridized carbons (Fsp3) is 0.562. The first kappa shape index (κ1) is 15.2. The molecule has 0 aromatic heterocycles. The number of ether oxygens (including phenoxy) is 3. The van der Waals surface area contributed by atoms with Gasteiger partial charge < -0.3 is 19.0 Å². The van der Waals surface area contributed by atoms with Gasteiger partial charge in [0.1, 0.15) is 6.29 Å². The number of rotatable bonds is 6. The van der Waals surface area contributed by atoms with Crippen molar-refractivity contribution in [1.82, 2.24) is 0 Å². The summed E-state index contributed by atoms with van der Waals surface area (Å²) in [6, 6.07) is 10.0. The molecule has 0 aliphatic carbocycles. The molecular formula is C16H22O4. The van der Waals surface area contributed by atoms with Gasteiger partial charge in [-0.25, -0.2) is 0 Å². The first-order valence-electron chi connectivity index (χ1n) is 7.00. The molecule has 2 rings (SSSR count). The van der Waals surface area contributed by atoms with Crippen LogP contribution in [0, 0.1) is 0 Å². The second kappa shape index (κ2) is 6.97. The number of carbonyl (C=O) groups is 1. The Morgan fingerprint density at radius 1 is 1.25 bits per heavy atom. The lowest BCUT2D eigenvalue weighted by molar-refractivity contribution is -0.305. The van der Waals surface area contributed by atoms with E-state index in [1.165, 1.54) is 0 Å². The van der Waals surface area contributed by atoms with E-state index in [2.05, 4.69) is 0 Å². The average molecular weight is 278 g/mol. The molecule has 110 valence electrons. The molecule has 0 N–H and O–H groups in total. The van der Waals surface area contributed by atoms with Crippen LogP contribution in [0.15, 0.2) is 30.3 Å². The van der Waals surface area contributed by atoms with E-state index in [4.69, 9.17) is 14.2 Å². The quantitative estimate of drug-likeness (QED) is 0.751. The van der Waals surface area contributed by atoms with Crippen molar-refractivity contribution in [3.8, 4) is 0 Å². The fourth-order valence-electron chi connectivity index (χ4n) is 2.46. The molecule has 0 spiro atoms. The molecule has 0 bridgehead atoms. The Balaban J connectivity index is 1.80. The van der Waals surface area contributed by atoms with Gasteiger partial charge in [-0.15, -0.1) is 0 Å². The van der Waals surface area contributed by atoms with Crippen LogP contribution in [-0.4, -0.2) is 30.9 Å². The van der Waals surface area contributed by atoms with Gasteiger partial charge in [0.05, 0.1) is 25.4 Å². The molecule has 0 radical (unpaired) electrons. The third-order valence-electron chi connectivity index (χ3n) is 3.20. The van der Waals surface area contributed by atoms with Crippen molar-refractivity contribution in [3.05, 3.63) is 35.9 Å². The van der Waals surface area contributed by atoms with Crippen molar-refractivity contribution in [2.45, 2.75) is 51.3 Å². The predicted molar refractivity (Wildman–Crippen MR) is 75.2 cm³/mol. The molecule has 1 heterocycles. The number of hydrogen-bond acceptors (Lipinski definition) is 4. The average Bonchev–Trinajstić information content (AvgIpc) is 2.38. The van der Waals surface area contributed by atoms with Gasteiger partial charge in [0, 0.05) is 12.8 Å². The fourth-order valence-corrected chi connectivity index (χ4v) is 2.46. The predicted octanol–water partition coefficient (Wildman–Crippen LogP) is 2.70. The van der Waals surface area contributed by atoms with Gasteiger partial charge in [-0.05, 0) is 19.4 Å². The van der Waals surface area contributed by atoms with E-state index in [0.29, 0.717) is 26.1 Å². The summed E-state index contributed by atoms with van der Waals surface area (Å²) in [4.78, 5) is 10.6. The highest BCUT2D eigenvalue weighted by molar-refractivity contribution is 5.50. The SMILES string of the molecule is CC1(C)O[C@H](CC=O)C[C@@H](COCc2ccccc2)O1. The molecule has 4 heteroatoms. The minimum Gasteiger partial charge on any atom is -0.374 e. The Kier molecular flexibility index (Phi) is 5.29. The van der Waals surface area contributed by atoms with E-state index in [9.17, 15) is 4.79 Å². The van der Waals surface area contributed by atoms with Gasteiger partial charge in [0.15, 0.2) is 5.79 Å². The molecule has 1 aromatic rings. The van der Waals surface area contributed by atoms with Gasteiger partial charge in [-0.2, -0.15) is 0 Å². The maximum absolute atomic E-state index is 10.6. The number of benzene rings is 1. The zero-order chi connectivity index (χ0) is 14.4. The van der Waals surface area contributed by atoms with Crippen molar-refractivity contribution in [2.24, 2.45) is 0 Å². The second-order valence-electron chi connectivity index (χ2n) is 5.52. The molecule has 4 nitrogen and oxygen atoms in total. The summed E-state index contributed by atoms with van der Waals surface area (Å²) < 4.78 is 17.2. The summed E-state index contributed by atoms with van der Waals surface area (Å²) in [5, 5.41) is 0. The van der Waals surface area contributed by atoms with Crippen molar-refractivity contribution >= 4 is 6.29 Å². The third-order valence-corrected chi connectivity index (χ3v) is 3.20. The lowest BCUT2D eigenvalue weighted by atomic mass is 10.1. The van der Waals surface area contributed by atoms with Crippen LogP contribution >= 0.6 is 0 Å². The van der Waals surface area contributed by atoms with E-state index < -0.39 is 5.79 Å². The minimum atomic E-state index is -0.660. The normalized spacial score (nSPS) is 25.3. The van der Waals surface area contributed by atoms with E-state index in [1.807, 2.05) is 44.2 Å². The molecule has 0 amide bonds. The van der Waals surface area contributed by atoms with E-state index in [-0.39, 0.29) is 12.2 Å². The Hall–Kier alpha value is -1.23. The summed E-state index contributed by atoms with van der Waals surface area (Å²) in [5.41, 5.74) is 1.14. The topological polar surface area (TPSA) is 44.8 Å². The molecule has 20 heavy (non-hydrogen) atoms. The third kappa shape index (κ3) is 4.71. The van der Waals surface area contributed by atoms with Crippen molar-refractivity contribution < 1.29 is 19.0 Å². The first-order chi connectivity index (χ1) is 9.59. The van der Waals surface area contributed by atoms with Crippen LogP contribution in [0.4, 0.5) is 0 Å². The molecule has 0 unspecified atom stereocenters. The van der Waals surface area contributed by atoms with Crippen LogP contribution in [0.3, 0.4) is 0 Å². The molecule has 1 fully saturated rings. The Morgan fingerprint density at radius 3 is 2.65 bits per heavy atom. The molecule has 1 saturated heterocycles. The standard InChI is InChI=1S/C16H22O4/c1-16(2)19-14(8-9-17)10-15(20-16)12-18-11-13-6-4-3-5-7-13/h3-7,9,14-15H,8,10-12H2,1-2H3/t14-,15+/m1/s1. The van der Waals surface area contributed by atoms with Crippen LogP contribution in [0.25, 0.3) is 0 Å². The van der Waals surface area contributed by atoms with Gasteiger partial charge in [0.2, 0.25) is 0 Å². The van der Waals surface area contributed by atoms with Crippen LogP contribution in [0.1, 0.15) is 32.3 Å². The summed E-state index contributed by atoms with van der Waals surface area (Å²) in [6.07, 6.45) is 1.88. The molecule has 1 aromatic carbocycles. The van der Waals surface area contributed by atoms with E-state index >= 15 is 0 Å². The van der Waals surface area contributed by atoms with Gasteiger partial charge in [-0.3, -0.25) is 0 Å². The van der Waals surface area contributed by atoms with Crippen molar-refractivity contribution in [3.63, 3.8) is 0 Å². The largest absolute Gasteiger partial charge is 0.374 e. The van der Waals surface area contributed by atoms with E-state index in [1.54, 1.807) is 0 Å². The number of hydrogen-bond donors (Lipinski definition) is 0. The van der Waals surface area contributed by atoms with Crippen molar-refractivity contribution in [2.75, 3.05) is 6.61 Å². The lowest BCUT2D eigenvalue weighted by Gasteiger charge is -2.40. The highest BCUT2D eigenvalue weighted by atomic mass is 16.7. The molecule has 1 aliphatic rings. The van der Waals surface area contributed by atoms with Crippen LogP contribution in [-0.2, 0) is 25.6 Å². The van der Waals surface area contributed by atoms with Gasteiger partial charge in [0.25, 0.3) is 0 Å². The zero-order valence-corrected chi connectivity index (χ0v) is 12.1. The highest BCUT2D eigenvalue weighted by Gasteiger charge is 2.35. The minimum absolute atomic E-state index is 0.0348. The highest BCUT2D eigenvalue weighted by Crippen LogP contribution is 2.28. The number of aldehydes is 1. The van der Waals surface area contributed by atoms with Crippen LogP contribution < -0.4 is 0 Å². The van der Waals surface area contributed by atoms with Gasteiger partial charge in [-0.1, -0.05) is 30.3 Å². The van der Waals surface area contributed by atoms with Crippen LogP contribution in [0.5, 0.6) is 0 Å². The first-order valence-corrected chi connectivity index (χ1v) is 7.00. The molecular weight excluding hydrogens is 256 g/mol. The van der Waals surface area contributed by atoms with Crippen molar-refractivity contribution in [1.29, 1.82) is 0 Å². The zero-order valence-electron chi connectivity index (χ0n) is 12.1. The molecule has 1 aliphatic heterocycles. The second-order valence-corrected chi connectivity index (χ2v) is 5.52. The Labute approximate surface area is 120 Å². The summed E-state index contributed by atoms with van der Waals surface area (Å²) in [7, 11) is 0. The van der Waals surface area contributed by atoms with E-state index in [0.717, 1.165) is 11.8 Å².